The minimum absolute atomic E-state index is 0.128. The molecule has 0 aliphatic heterocycles. The highest BCUT2D eigenvalue weighted by Gasteiger charge is 2.12. The van der Waals surface area contributed by atoms with Gasteiger partial charge >= 0.3 is 5.97 Å². The Morgan fingerprint density at radius 3 is 2.58 bits per heavy atom. The second-order valence-electron chi connectivity index (χ2n) is 5.47. The molecule has 0 aliphatic carbocycles. The Hall–Kier alpha value is -2.18. The van der Waals surface area contributed by atoms with E-state index in [1.165, 1.54) is 11.8 Å². The molecule has 2 aromatic carbocycles. The average molecular weight is 394 g/mol. The van der Waals surface area contributed by atoms with E-state index in [1.54, 1.807) is 19.2 Å². The van der Waals surface area contributed by atoms with E-state index in [0.717, 1.165) is 16.2 Å². The first-order valence-electron chi connectivity index (χ1n) is 7.95. The molecule has 1 N–H and O–H groups in total. The van der Waals surface area contributed by atoms with Gasteiger partial charge in [-0.1, -0.05) is 23.7 Å². The molecule has 0 aromatic heterocycles. The zero-order valence-corrected chi connectivity index (χ0v) is 16.1. The fourth-order valence-corrected chi connectivity index (χ4v) is 3.04. The van der Waals surface area contributed by atoms with Crippen molar-refractivity contribution in [3.05, 3.63) is 59.1 Å². The third-order valence-electron chi connectivity index (χ3n) is 3.51. The summed E-state index contributed by atoms with van der Waals surface area (Å²) in [7, 11) is 1.60. The van der Waals surface area contributed by atoms with Gasteiger partial charge in [0.15, 0.2) is 6.61 Å². The summed E-state index contributed by atoms with van der Waals surface area (Å²) >= 11 is 7.27. The van der Waals surface area contributed by atoms with Gasteiger partial charge in [-0.15, -0.1) is 11.8 Å². The second-order valence-corrected chi connectivity index (χ2v) is 6.95. The van der Waals surface area contributed by atoms with Crippen molar-refractivity contribution in [2.45, 2.75) is 17.9 Å². The molecular formula is C19H20ClNO4S. The highest BCUT2D eigenvalue weighted by Crippen LogP contribution is 2.21. The molecule has 0 unspecified atom stereocenters. The Morgan fingerprint density at radius 2 is 1.92 bits per heavy atom. The fraction of sp³-hybridized carbons (Fsp3) is 0.263. The number of benzene rings is 2. The van der Waals surface area contributed by atoms with Crippen LogP contribution in [-0.2, 0) is 14.3 Å². The predicted molar refractivity (Wildman–Crippen MR) is 103 cm³/mol. The fourth-order valence-electron chi connectivity index (χ4n) is 2.14. The normalized spacial score (nSPS) is 11.5. The van der Waals surface area contributed by atoms with E-state index in [2.05, 4.69) is 5.32 Å². The minimum atomic E-state index is -0.448. The predicted octanol–water partition coefficient (Wildman–Crippen LogP) is 3.86. The summed E-state index contributed by atoms with van der Waals surface area (Å²) in [6.07, 6.45) is 0. The van der Waals surface area contributed by atoms with Crippen molar-refractivity contribution >= 4 is 35.2 Å². The highest BCUT2D eigenvalue weighted by atomic mass is 35.5. The van der Waals surface area contributed by atoms with Gasteiger partial charge in [0.25, 0.3) is 5.91 Å². The molecule has 26 heavy (non-hydrogen) atoms. The van der Waals surface area contributed by atoms with Gasteiger partial charge in [0.05, 0.1) is 18.9 Å². The number of carbonyl (C=O) groups excluding carboxylic acids is 2. The zero-order chi connectivity index (χ0) is 18.9. The van der Waals surface area contributed by atoms with Crippen LogP contribution in [0.25, 0.3) is 0 Å². The smallest absolute Gasteiger partial charge is 0.316 e. The molecule has 1 amide bonds. The van der Waals surface area contributed by atoms with Crippen molar-refractivity contribution < 1.29 is 19.1 Å². The Balaban J connectivity index is 1.71. The summed E-state index contributed by atoms with van der Waals surface area (Å²) in [5.41, 5.74) is 0.882. The van der Waals surface area contributed by atoms with E-state index in [-0.39, 0.29) is 24.3 Å². The molecule has 0 spiro atoms. The number of esters is 1. The molecule has 0 bridgehead atoms. The van der Waals surface area contributed by atoms with Crippen molar-refractivity contribution in [2.24, 2.45) is 0 Å². The molecule has 2 aromatic rings. The van der Waals surface area contributed by atoms with Crippen molar-refractivity contribution in [3.63, 3.8) is 0 Å². The van der Waals surface area contributed by atoms with Crippen molar-refractivity contribution in [1.82, 2.24) is 5.32 Å². The van der Waals surface area contributed by atoms with Crippen LogP contribution in [0.15, 0.2) is 53.4 Å². The summed E-state index contributed by atoms with van der Waals surface area (Å²) < 4.78 is 10.1. The van der Waals surface area contributed by atoms with E-state index in [1.807, 2.05) is 43.3 Å². The summed E-state index contributed by atoms with van der Waals surface area (Å²) in [6.45, 7) is 1.53. The van der Waals surface area contributed by atoms with E-state index in [0.29, 0.717) is 5.02 Å². The molecule has 0 heterocycles. The van der Waals surface area contributed by atoms with Crippen LogP contribution in [0.5, 0.6) is 5.75 Å². The van der Waals surface area contributed by atoms with Gasteiger partial charge in [-0.05, 0) is 48.9 Å². The molecule has 1 atom stereocenters. The third-order valence-corrected chi connectivity index (χ3v) is 4.73. The molecular weight excluding hydrogens is 374 g/mol. The number of ether oxygens (including phenoxy) is 2. The van der Waals surface area contributed by atoms with Crippen LogP contribution < -0.4 is 10.1 Å². The van der Waals surface area contributed by atoms with Crippen LogP contribution in [0.1, 0.15) is 18.5 Å². The van der Waals surface area contributed by atoms with Gasteiger partial charge in [0.1, 0.15) is 5.75 Å². The van der Waals surface area contributed by atoms with E-state index in [4.69, 9.17) is 21.1 Å². The topological polar surface area (TPSA) is 64.6 Å². The van der Waals surface area contributed by atoms with Crippen molar-refractivity contribution in [1.29, 1.82) is 0 Å². The van der Waals surface area contributed by atoms with Crippen molar-refractivity contribution in [2.75, 3.05) is 19.5 Å². The van der Waals surface area contributed by atoms with E-state index >= 15 is 0 Å². The average Bonchev–Trinajstić information content (AvgIpc) is 2.65. The van der Waals surface area contributed by atoms with Gasteiger partial charge in [0.2, 0.25) is 0 Å². The monoisotopic (exact) mass is 393 g/mol. The number of thioether (sulfide) groups is 1. The number of nitrogens with one attached hydrogen (secondary N) is 1. The molecule has 138 valence electrons. The van der Waals surface area contributed by atoms with Gasteiger partial charge in [-0.25, -0.2) is 0 Å². The lowest BCUT2D eigenvalue weighted by Crippen LogP contribution is -2.31. The molecule has 0 aliphatic rings. The number of hydrogen-bond acceptors (Lipinski definition) is 5. The first-order chi connectivity index (χ1) is 12.5. The zero-order valence-electron chi connectivity index (χ0n) is 14.5. The summed E-state index contributed by atoms with van der Waals surface area (Å²) in [5, 5.41) is 3.37. The number of amides is 1. The molecule has 5 nitrogen and oxygen atoms in total. The lowest BCUT2D eigenvalue weighted by molar-refractivity contribution is -0.146. The standard InChI is InChI=1S/C19H20ClNO4S/c1-13(14-4-3-5-15(20)10-14)21-18(22)11-25-19(23)12-26-17-8-6-16(24-2)7-9-17/h3-10,13H,11-12H2,1-2H3,(H,21,22)/t13-/m0/s1. The molecule has 0 radical (unpaired) electrons. The van der Waals surface area contributed by atoms with E-state index < -0.39 is 5.97 Å². The third kappa shape index (κ3) is 6.61. The maximum Gasteiger partial charge on any atom is 0.316 e. The number of methoxy groups -OCH3 is 1. The van der Waals surface area contributed by atoms with Gasteiger partial charge in [0, 0.05) is 9.92 Å². The minimum Gasteiger partial charge on any atom is -0.497 e. The molecule has 2 rings (SSSR count). The number of carbonyl (C=O) groups is 2. The van der Waals surface area contributed by atoms with Gasteiger partial charge in [-0.2, -0.15) is 0 Å². The summed E-state index contributed by atoms with van der Waals surface area (Å²) in [5.74, 6) is 0.0720. The number of hydrogen-bond donors (Lipinski definition) is 1. The van der Waals surface area contributed by atoms with E-state index in [9.17, 15) is 9.59 Å². The summed E-state index contributed by atoms with van der Waals surface area (Å²) in [6, 6.07) is 14.4. The largest absolute Gasteiger partial charge is 0.497 e. The first kappa shape index (κ1) is 20.1. The Bertz CT molecular complexity index is 751. The number of halogens is 1. The van der Waals surface area contributed by atoms with Gasteiger partial charge in [-0.3, -0.25) is 9.59 Å². The van der Waals surface area contributed by atoms with Crippen LogP contribution in [-0.4, -0.2) is 31.3 Å². The molecule has 7 heteroatoms. The Labute approximate surface area is 162 Å². The molecule has 0 saturated carbocycles. The maximum absolute atomic E-state index is 11.9. The Morgan fingerprint density at radius 1 is 1.19 bits per heavy atom. The maximum atomic E-state index is 11.9. The quantitative estimate of drug-likeness (QED) is 0.545. The first-order valence-corrected chi connectivity index (χ1v) is 9.31. The number of rotatable bonds is 8. The van der Waals surface area contributed by atoms with Crippen LogP contribution >= 0.6 is 23.4 Å². The second kappa shape index (κ2) is 10.1. The Kier molecular flexibility index (Phi) is 7.81. The van der Waals surface area contributed by atoms with Crippen LogP contribution in [0.2, 0.25) is 5.02 Å². The SMILES string of the molecule is COc1ccc(SCC(=O)OCC(=O)N[C@@H](C)c2cccc(Cl)c2)cc1. The summed E-state index contributed by atoms with van der Waals surface area (Å²) in [4.78, 5) is 24.6. The molecule has 0 saturated heterocycles. The van der Waals surface area contributed by atoms with Crippen LogP contribution in [0, 0.1) is 0 Å². The van der Waals surface area contributed by atoms with Crippen molar-refractivity contribution in [3.8, 4) is 5.75 Å². The lowest BCUT2D eigenvalue weighted by Gasteiger charge is -2.14. The van der Waals surface area contributed by atoms with Crippen LogP contribution in [0.3, 0.4) is 0 Å². The van der Waals surface area contributed by atoms with Crippen LogP contribution in [0.4, 0.5) is 0 Å². The highest BCUT2D eigenvalue weighted by molar-refractivity contribution is 8.00. The molecule has 0 fully saturated rings. The van der Waals surface area contributed by atoms with Gasteiger partial charge < -0.3 is 14.8 Å². The lowest BCUT2D eigenvalue weighted by atomic mass is 10.1.